The molecule has 1 aromatic rings. The maximum atomic E-state index is 13.9. The number of aromatic nitrogens is 2. The zero-order valence-electron chi connectivity index (χ0n) is 15.3. The second-order valence-electron chi connectivity index (χ2n) is 6.90. The van der Waals surface area contributed by atoms with Crippen molar-refractivity contribution in [2.24, 2.45) is 0 Å². The molecule has 3 rings (SSSR count). The number of H-pyrrole nitrogens is 1. The minimum atomic E-state index is -5.30. The van der Waals surface area contributed by atoms with Gasteiger partial charge in [0.15, 0.2) is 0 Å². The first kappa shape index (κ1) is 20.1. The highest BCUT2D eigenvalue weighted by atomic mass is 19.4. The Morgan fingerprint density at radius 2 is 2.00 bits per heavy atom. The van der Waals surface area contributed by atoms with Gasteiger partial charge in [0.1, 0.15) is 11.4 Å². The fourth-order valence-corrected chi connectivity index (χ4v) is 3.99. The first-order chi connectivity index (χ1) is 13.0. The quantitative estimate of drug-likeness (QED) is 0.648. The third-order valence-corrected chi connectivity index (χ3v) is 5.23. The number of likely N-dealkylation sites (tertiary alicyclic amines) is 1. The van der Waals surface area contributed by atoms with Gasteiger partial charge < -0.3 is 10.6 Å². The summed E-state index contributed by atoms with van der Waals surface area (Å²) in [5.74, 6) is -3.31. The number of anilines is 1. The monoisotopic (exact) mass is 403 g/mol. The van der Waals surface area contributed by atoms with E-state index in [1.54, 1.807) is 5.32 Å². The Kier molecular flexibility index (Phi) is 4.86. The minimum Gasteiger partial charge on any atom is -0.331 e. The van der Waals surface area contributed by atoms with Crippen LogP contribution < -0.4 is 21.9 Å². The SMILES string of the molecule is CCN1CCCC1Cn1c2c(c(=O)[nH]c1=O)C(NC(C)=O)(C(F)(F)F)C(=O)N2. The molecule has 28 heavy (non-hydrogen) atoms. The van der Waals surface area contributed by atoms with Gasteiger partial charge in [0.2, 0.25) is 11.4 Å². The number of fused-ring (bicyclic) bond motifs is 1. The van der Waals surface area contributed by atoms with E-state index in [1.165, 1.54) is 0 Å². The van der Waals surface area contributed by atoms with Crippen molar-refractivity contribution in [1.29, 1.82) is 0 Å². The fraction of sp³-hybridized carbons (Fsp3) is 0.625. The smallest absolute Gasteiger partial charge is 0.331 e. The first-order valence-electron chi connectivity index (χ1n) is 8.81. The minimum absolute atomic E-state index is 0.0000746. The van der Waals surface area contributed by atoms with E-state index in [1.807, 2.05) is 17.2 Å². The Morgan fingerprint density at radius 1 is 1.32 bits per heavy atom. The summed E-state index contributed by atoms with van der Waals surface area (Å²) in [7, 11) is 0. The summed E-state index contributed by atoms with van der Waals surface area (Å²) < 4.78 is 42.7. The Hall–Kier alpha value is -2.63. The number of alkyl halides is 3. The third-order valence-electron chi connectivity index (χ3n) is 5.23. The molecule has 9 nitrogen and oxygen atoms in total. The van der Waals surface area contributed by atoms with Crippen LogP contribution in [0.1, 0.15) is 32.3 Å². The van der Waals surface area contributed by atoms with Crippen molar-refractivity contribution in [2.45, 2.75) is 51.0 Å². The molecule has 2 aliphatic heterocycles. The fourth-order valence-electron chi connectivity index (χ4n) is 3.99. The van der Waals surface area contributed by atoms with E-state index in [-0.39, 0.29) is 12.6 Å². The van der Waals surface area contributed by atoms with Crippen molar-refractivity contribution >= 4 is 17.6 Å². The number of carbonyl (C=O) groups excluding carboxylic acids is 2. The number of carbonyl (C=O) groups is 2. The van der Waals surface area contributed by atoms with Gasteiger partial charge in [0, 0.05) is 19.5 Å². The van der Waals surface area contributed by atoms with E-state index in [2.05, 4.69) is 4.90 Å². The van der Waals surface area contributed by atoms with E-state index in [0.717, 1.165) is 30.9 Å². The molecule has 0 saturated carbocycles. The number of nitrogens with zero attached hydrogens (tertiary/aromatic N) is 2. The molecule has 154 valence electrons. The van der Waals surface area contributed by atoms with E-state index in [9.17, 15) is 32.3 Å². The molecule has 2 aliphatic rings. The number of hydrogen-bond donors (Lipinski definition) is 3. The third kappa shape index (κ3) is 2.91. The van der Waals surface area contributed by atoms with Crippen LogP contribution >= 0.6 is 0 Å². The molecule has 2 unspecified atom stereocenters. The zero-order valence-corrected chi connectivity index (χ0v) is 15.3. The highest BCUT2D eigenvalue weighted by Crippen LogP contribution is 2.45. The van der Waals surface area contributed by atoms with E-state index < -0.39 is 46.2 Å². The van der Waals surface area contributed by atoms with Crippen LogP contribution in [0.4, 0.5) is 19.0 Å². The van der Waals surface area contributed by atoms with Gasteiger partial charge in [0.05, 0.1) is 0 Å². The standard InChI is InChI=1S/C16H20F3N5O4/c1-3-23-6-4-5-9(23)7-24-11-10(12(26)21-14(24)28)15(13(27)20-11,16(17,18)19)22-8(2)25/h9H,3-7H2,1-2H3,(H,20,27)(H,22,25)(H,21,26,28). The van der Waals surface area contributed by atoms with Crippen LogP contribution in [0.25, 0.3) is 0 Å². The average Bonchev–Trinajstić information content (AvgIpc) is 3.13. The topological polar surface area (TPSA) is 116 Å². The number of aromatic amines is 1. The van der Waals surface area contributed by atoms with Crippen molar-refractivity contribution in [3.63, 3.8) is 0 Å². The van der Waals surface area contributed by atoms with Gasteiger partial charge in [-0.3, -0.25) is 28.8 Å². The molecule has 1 fully saturated rings. The number of likely N-dealkylation sites (N-methyl/N-ethyl adjacent to an activating group) is 1. The predicted octanol–water partition coefficient (Wildman–Crippen LogP) is -0.133. The van der Waals surface area contributed by atoms with Crippen LogP contribution in [0, 0.1) is 0 Å². The van der Waals surface area contributed by atoms with Gasteiger partial charge in [-0.15, -0.1) is 0 Å². The number of hydrogen-bond acceptors (Lipinski definition) is 5. The molecular formula is C16H20F3N5O4. The second-order valence-corrected chi connectivity index (χ2v) is 6.90. The van der Waals surface area contributed by atoms with Crippen LogP contribution in [0.3, 0.4) is 0 Å². The predicted molar refractivity (Wildman–Crippen MR) is 91.8 cm³/mol. The molecule has 3 N–H and O–H groups in total. The van der Waals surface area contributed by atoms with E-state index >= 15 is 0 Å². The maximum Gasteiger partial charge on any atom is 0.425 e. The Labute approximate surface area is 156 Å². The average molecular weight is 403 g/mol. The van der Waals surface area contributed by atoms with Crippen LogP contribution in [0.15, 0.2) is 9.59 Å². The molecule has 2 amide bonds. The zero-order chi connectivity index (χ0) is 20.9. The summed E-state index contributed by atoms with van der Waals surface area (Å²) in [6.45, 7) is 4.20. The summed E-state index contributed by atoms with van der Waals surface area (Å²) >= 11 is 0. The molecule has 0 aliphatic carbocycles. The number of halogens is 3. The molecule has 2 atom stereocenters. The number of nitrogens with one attached hydrogen (secondary N) is 3. The first-order valence-corrected chi connectivity index (χ1v) is 8.81. The number of rotatable bonds is 4. The molecule has 0 aromatic carbocycles. The molecule has 1 saturated heterocycles. The Morgan fingerprint density at radius 3 is 2.57 bits per heavy atom. The lowest BCUT2D eigenvalue weighted by molar-refractivity contribution is -0.200. The van der Waals surface area contributed by atoms with Crippen molar-refractivity contribution in [3.8, 4) is 0 Å². The molecule has 0 radical (unpaired) electrons. The lowest BCUT2D eigenvalue weighted by Gasteiger charge is -2.29. The van der Waals surface area contributed by atoms with Gasteiger partial charge >= 0.3 is 11.9 Å². The lowest BCUT2D eigenvalue weighted by atomic mass is 9.92. The maximum absolute atomic E-state index is 13.9. The van der Waals surface area contributed by atoms with Gasteiger partial charge in [-0.05, 0) is 25.9 Å². The van der Waals surface area contributed by atoms with E-state index in [0.29, 0.717) is 6.54 Å². The summed E-state index contributed by atoms with van der Waals surface area (Å²) in [6.07, 6.45) is -3.71. The van der Waals surface area contributed by atoms with Gasteiger partial charge in [0.25, 0.3) is 11.5 Å². The van der Waals surface area contributed by atoms with Crippen LogP contribution in [-0.4, -0.2) is 51.6 Å². The molecule has 0 spiro atoms. The Balaban J connectivity index is 2.20. The normalized spacial score (nSPS) is 24.9. The molecular weight excluding hydrogens is 383 g/mol. The van der Waals surface area contributed by atoms with Crippen LogP contribution in [0.2, 0.25) is 0 Å². The highest BCUT2D eigenvalue weighted by Gasteiger charge is 2.68. The van der Waals surface area contributed by atoms with Crippen molar-refractivity contribution in [2.75, 3.05) is 18.4 Å². The van der Waals surface area contributed by atoms with Crippen molar-refractivity contribution < 1.29 is 22.8 Å². The lowest BCUT2D eigenvalue weighted by Crippen LogP contribution is -2.61. The molecule has 3 heterocycles. The van der Waals surface area contributed by atoms with Crippen molar-refractivity contribution in [3.05, 3.63) is 26.4 Å². The number of amides is 2. The summed E-state index contributed by atoms with van der Waals surface area (Å²) in [5, 5.41) is 3.59. The summed E-state index contributed by atoms with van der Waals surface area (Å²) in [6, 6.07) is -0.128. The van der Waals surface area contributed by atoms with Crippen LogP contribution in [0.5, 0.6) is 0 Å². The largest absolute Gasteiger partial charge is 0.425 e. The molecule has 12 heteroatoms. The molecule has 1 aromatic heterocycles. The van der Waals surface area contributed by atoms with E-state index in [4.69, 9.17) is 0 Å². The van der Waals surface area contributed by atoms with Gasteiger partial charge in [-0.1, -0.05) is 6.92 Å². The van der Waals surface area contributed by atoms with Crippen LogP contribution in [-0.2, 0) is 21.7 Å². The highest BCUT2D eigenvalue weighted by molar-refractivity contribution is 6.07. The second kappa shape index (κ2) is 6.76. The molecule has 0 bridgehead atoms. The van der Waals surface area contributed by atoms with Gasteiger partial charge in [-0.2, -0.15) is 13.2 Å². The summed E-state index contributed by atoms with van der Waals surface area (Å²) in [4.78, 5) is 52.4. The summed E-state index contributed by atoms with van der Waals surface area (Å²) in [5.41, 5.74) is -6.88. The van der Waals surface area contributed by atoms with Crippen molar-refractivity contribution in [1.82, 2.24) is 19.8 Å². The Bertz CT molecular complexity index is 938. The van der Waals surface area contributed by atoms with Gasteiger partial charge in [-0.25, -0.2) is 4.79 Å².